The van der Waals surface area contributed by atoms with Crippen LogP contribution in [0.4, 0.5) is 23.7 Å². The third-order valence-electron chi connectivity index (χ3n) is 12.5. The maximum Gasteiger partial charge on any atom is 0.410 e. The van der Waals surface area contributed by atoms with Crippen LogP contribution < -0.4 is 5.32 Å². The lowest BCUT2D eigenvalue weighted by atomic mass is 9.98. The molecular formula is C50H66ClF3N9O8+. The molecule has 2 aliphatic heterocycles. The van der Waals surface area contributed by atoms with E-state index in [1.54, 1.807) is 53.8 Å². The first-order chi connectivity index (χ1) is 33.2. The monoisotopic (exact) mass is 1010 g/mol. The quantitative estimate of drug-likeness (QED) is 0.0823. The van der Waals surface area contributed by atoms with Crippen molar-refractivity contribution in [3.63, 3.8) is 0 Å². The van der Waals surface area contributed by atoms with E-state index >= 15 is 4.39 Å². The number of nitrogens with zero attached hydrogens (tertiary/aromatic N) is 8. The molecule has 2 aliphatic rings. The molecule has 4 amide bonds. The third-order valence-corrected chi connectivity index (χ3v) is 12.8. The van der Waals surface area contributed by atoms with Crippen molar-refractivity contribution in [2.75, 3.05) is 77.9 Å². The number of nitrogens with one attached hydrogen (secondary N) is 1. The number of benzene rings is 2. The number of amides is 4. The molecule has 17 nitrogen and oxygen atoms in total. The molecule has 2 aromatic heterocycles. The second-order valence-electron chi connectivity index (χ2n) is 20.6. The standard InChI is InChI=1S/C50H65ClF3N9O8/c1-31-35(15-16-36(43(31)52)38-25-56-62(32(38)2)21-23-69-47(53)54)40-26-55-44(58(40)9)45(66)57-34-13-14-37(39(51)24-34)46(67)60-19-17-59(18-20-60)41(64)12-11-22-63(10,30-42(65)70-49(3,4)5)29-33-27-61(28-33)48(68)71-50(6,7)8/h13-16,24-26,33,47H,11-12,17-23,27-30H2,1-10H3/p+1. The van der Waals surface area contributed by atoms with E-state index in [1.807, 2.05) is 48.6 Å². The van der Waals surface area contributed by atoms with Gasteiger partial charge in [-0.3, -0.25) is 19.1 Å². The van der Waals surface area contributed by atoms with Crippen molar-refractivity contribution in [1.82, 2.24) is 34.0 Å². The number of carbonyl (C=O) groups excluding carboxylic acids is 5. The van der Waals surface area contributed by atoms with Crippen LogP contribution in [0.2, 0.25) is 5.02 Å². The van der Waals surface area contributed by atoms with E-state index in [-0.39, 0.29) is 77.9 Å². The van der Waals surface area contributed by atoms with Crippen LogP contribution in [0, 0.1) is 25.6 Å². The Hall–Kier alpha value is -5.99. The molecule has 4 aromatic rings. The number of likely N-dealkylation sites (tertiary alicyclic amines) is 1. The number of rotatable bonds is 17. The van der Waals surface area contributed by atoms with E-state index in [1.165, 1.54) is 33.8 Å². The van der Waals surface area contributed by atoms with Crippen LogP contribution >= 0.6 is 11.6 Å². The fourth-order valence-corrected chi connectivity index (χ4v) is 9.22. The summed E-state index contributed by atoms with van der Waals surface area (Å²) in [4.78, 5) is 75.5. The molecule has 0 radical (unpaired) electrons. The van der Waals surface area contributed by atoms with E-state index in [0.29, 0.717) is 97.0 Å². The van der Waals surface area contributed by atoms with Crippen molar-refractivity contribution in [3.8, 4) is 22.4 Å². The van der Waals surface area contributed by atoms with E-state index in [4.69, 9.17) is 21.1 Å². The van der Waals surface area contributed by atoms with Crippen LogP contribution in [0.1, 0.15) is 86.6 Å². The molecule has 0 bridgehead atoms. The average molecular weight is 1010 g/mol. The highest BCUT2D eigenvalue weighted by Gasteiger charge is 2.40. The number of aromatic nitrogens is 4. The molecule has 2 fully saturated rings. The second kappa shape index (κ2) is 22.2. The van der Waals surface area contributed by atoms with Gasteiger partial charge in [0.2, 0.25) is 5.91 Å². The Morgan fingerprint density at radius 3 is 2.17 bits per heavy atom. The van der Waals surface area contributed by atoms with Crippen LogP contribution in [0.3, 0.4) is 0 Å². The Bertz CT molecular complexity index is 2610. The summed E-state index contributed by atoms with van der Waals surface area (Å²) in [5.41, 5.74) is 1.93. The molecule has 71 heavy (non-hydrogen) atoms. The van der Waals surface area contributed by atoms with Gasteiger partial charge in [0.1, 0.15) is 17.0 Å². The first-order valence-electron chi connectivity index (χ1n) is 23.7. The molecule has 1 N–H and O–H groups in total. The highest BCUT2D eigenvalue weighted by Crippen LogP contribution is 2.34. The zero-order chi connectivity index (χ0) is 52.2. The fourth-order valence-electron chi connectivity index (χ4n) is 8.96. The molecule has 2 saturated heterocycles. The van der Waals surface area contributed by atoms with Crippen LogP contribution in [0.25, 0.3) is 22.4 Å². The first-order valence-corrected chi connectivity index (χ1v) is 24.1. The Kier molecular flexibility index (Phi) is 17.0. The van der Waals surface area contributed by atoms with Gasteiger partial charge in [-0.15, -0.1) is 0 Å². The molecule has 21 heteroatoms. The molecule has 6 rings (SSSR count). The molecule has 0 spiro atoms. The molecule has 1 unspecified atom stereocenters. The molecule has 0 saturated carbocycles. The van der Waals surface area contributed by atoms with Crippen LogP contribution in [0.5, 0.6) is 0 Å². The van der Waals surface area contributed by atoms with Crippen molar-refractivity contribution in [3.05, 3.63) is 76.2 Å². The van der Waals surface area contributed by atoms with Gasteiger partial charge in [0, 0.05) is 93.1 Å². The summed E-state index contributed by atoms with van der Waals surface area (Å²) in [6.07, 6.45) is 3.37. The SMILES string of the molecule is Cc1c(-c2cnc(C(=O)Nc3ccc(C(=O)N4CCN(C(=O)CCC[N+](C)(CC(=O)OC(C)(C)C)CC5CN(C(=O)OC(C)(C)C)C5)CC4)c(Cl)c3)n2C)ccc(-c2cnn(CCOC(F)F)c2C)c1F. The van der Waals surface area contributed by atoms with Gasteiger partial charge in [-0.1, -0.05) is 23.7 Å². The number of ether oxygens (including phenoxy) is 3. The molecule has 386 valence electrons. The minimum absolute atomic E-state index is 0.0338. The number of quaternary nitrogens is 1. The van der Waals surface area contributed by atoms with Gasteiger partial charge in [-0.05, 0) is 79.2 Å². The maximum atomic E-state index is 15.9. The molecular weight excluding hydrogens is 947 g/mol. The zero-order valence-corrected chi connectivity index (χ0v) is 43.0. The summed E-state index contributed by atoms with van der Waals surface area (Å²) in [6, 6.07) is 7.87. The van der Waals surface area contributed by atoms with E-state index in [0.717, 1.165) is 0 Å². The Balaban J connectivity index is 1.00. The summed E-state index contributed by atoms with van der Waals surface area (Å²) in [6.45, 7) is 14.8. The summed E-state index contributed by atoms with van der Waals surface area (Å²) < 4.78 is 59.7. The zero-order valence-electron chi connectivity index (χ0n) is 42.2. The van der Waals surface area contributed by atoms with Gasteiger partial charge in [0.15, 0.2) is 12.4 Å². The highest BCUT2D eigenvalue weighted by atomic mass is 35.5. The van der Waals surface area contributed by atoms with Crippen LogP contribution in [-0.4, -0.2) is 159 Å². The lowest BCUT2D eigenvalue weighted by molar-refractivity contribution is -0.906. The van der Waals surface area contributed by atoms with Crippen molar-refractivity contribution in [2.45, 2.75) is 92.6 Å². The first kappa shape index (κ1) is 54.3. The largest absolute Gasteiger partial charge is 0.456 e. The van der Waals surface area contributed by atoms with Gasteiger partial charge in [0.05, 0.1) is 62.0 Å². The van der Waals surface area contributed by atoms with E-state index in [2.05, 4.69) is 20.1 Å². The van der Waals surface area contributed by atoms with Crippen molar-refractivity contribution >= 4 is 47.1 Å². The number of piperazine rings is 1. The maximum absolute atomic E-state index is 15.9. The number of halogens is 4. The summed E-state index contributed by atoms with van der Waals surface area (Å²) in [5.74, 6) is -1.58. The van der Waals surface area contributed by atoms with Gasteiger partial charge >= 0.3 is 18.7 Å². The number of likely N-dealkylation sites (N-methyl/N-ethyl adjacent to an activating group) is 1. The predicted octanol–water partition coefficient (Wildman–Crippen LogP) is 7.57. The average Bonchev–Trinajstić information content (AvgIpc) is 3.82. The topological polar surface area (TPSA) is 170 Å². The summed E-state index contributed by atoms with van der Waals surface area (Å²) in [5, 5.41) is 7.10. The summed E-state index contributed by atoms with van der Waals surface area (Å²) >= 11 is 6.64. The third kappa shape index (κ3) is 13.9. The number of carbonyl (C=O) groups is 5. The van der Waals surface area contributed by atoms with Crippen molar-refractivity contribution < 1.29 is 55.8 Å². The molecule has 0 aliphatic carbocycles. The minimum atomic E-state index is -2.90. The summed E-state index contributed by atoms with van der Waals surface area (Å²) in [7, 11) is 3.61. The van der Waals surface area contributed by atoms with Gasteiger partial charge in [-0.25, -0.2) is 19.0 Å². The molecule has 4 heterocycles. The van der Waals surface area contributed by atoms with Gasteiger partial charge in [0.25, 0.3) is 11.8 Å². The minimum Gasteiger partial charge on any atom is -0.456 e. The number of alkyl halides is 2. The second-order valence-corrected chi connectivity index (χ2v) is 21.0. The number of imidazole rings is 1. The van der Waals surface area contributed by atoms with Gasteiger partial charge < -0.3 is 43.3 Å². The Labute approximate surface area is 417 Å². The van der Waals surface area contributed by atoms with E-state index < -0.39 is 29.5 Å². The lowest BCUT2D eigenvalue weighted by Crippen LogP contribution is -2.60. The number of hydrogen-bond acceptors (Lipinski definition) is 10. The normalized spacial score (nSPS) is 15.4. The molecule has 1 atom stereocenters. The van der Waals surface area contributed by atoms with Crippen LogP contribution in [0.15, 0.2) is 42.7 Å². The number of hydrogen-bond donors (Lipinski definition) is 1. The van der Waals surface area contributed by atoms with Crippen molar-refractivity contribution in [1.29, 1.82) is 0 Å². The highest BCUT2D eigenvalue weighted by molar-refractivity contribution is 6.34. The van der Waals surface area contributed by atoms with E-state index in [9.17, 15) is 32.8 Å². The number of esters is 1. The predicted molar refractivity (Wildman–Crippen MR) is 260 cm³/mol. The van der Waals surface area contributed by atoms with Crippen molar-refractivity contribution in [2.24, 2.45) is 13.0 Å². The Morgan fingerprint density at radius 1 is 0.887 bits per heavy atom. The van der Waals surface area contributed by atoms with Crippen LogP contribution in [-0.2, 0) is 37.4 Å². The van der Waals surface area contributed by atoms with Gasteiger partial charge in [-0.2, -0.15) is 13.9 Å². The Morgan fingerprint density at radius 2 is 1.54 bits per heavy atom. The lowest BCUT2D eigenvalue weighted by Gasteiger charge is -2.44. The fraction of sp³-hybridized carbons (Fsp3) is 0.540. The molecule has 2 aromatic carbocycles. The number of anilines is 1. The smallest absolute Gasteiger partial charge is 0.410 e.